The van der Waals surface area contributed by atoms with Gasteiger partial charge in [-0.15, -0.1) is 0 Å². The van der Waals surface area contributed by atoms with Crippen molar-refractivity contribution in [2.45, 2.75) is 50.9 Å². The van der Waals surface area contributed by atoms with Crippen molar-refractivity contribution in [3.05, 3.63) is 35.4 Å². The van der Waals surface area contributed by atoms with Gasteiger partial charge >= 0.3 is 0 Å². The van der Waals surface area contributed by atoms with Crippen molar-refractivity contribution in [3.8, 4) is 0 Å². The van der Waals surface area contributed by atoms with E-state index in [2.05, 4.69) is 12.2 Å². The van der Waals surface area contributed by atoms with Gasteiger partial charge in [0.1, 0.15) is 11.6 Å². The van der Waals surface area contributed by atoms with Crippen molar-refractivity contribution in [3.63, 3.8) is 0 Å². The molecule has 2 nitrogen and oxygen atoms in total. The second kappa shape index (κ2) is 5.78. The molecule has 0 radical (unpaired) electrons. The zero-order chi connectivity index (χ0) is 14.1. The Labute approximate surface area is 118 Å². The SMILES string of the molecule is CCCNC(c1cc(F)ccc1F)C1CC2CCC1O2. The molecule has 0 saturated carbocycles. The van der Waals surface area contributed by atoms with Crippen LogP contribution in [0.2, 0.25) is 0 Å². The molecule has 3 rings (SSSR count). The van der Waals surface area contributed by atoms with Crippen LogP contribution in [0.3, 0.4) is 0 Å². The number of rotatable bonds is 5. The van der Waals surface area contributed by atoms with Crippen molar-refractivity contribution >= 4 is 0 Å². The minimum absolute atomic E-state index is 0.152. The summed E-state index contributed by atoms with van der Waals surface area (Å²) in [6.07, 6.45) is 4.56. The Morgan fingerprint density at radius 1 is 1.35 bits per heavy atom. The van der Waals surface area contributed by atoms with Crippen LogP contribution in [0.15, 0.2) is 18.2 Å². The Morgan fingerprint density at radius 2 is 2.20 bits per heavy atom. The minimum Gasteiger partial charge on any atom is -0.375 e. The predicted octanol–water partition coefficient (Wildman–Crippen LogP) is 3.57. The maximum Gasteiger partial charge on any atom is 0.128 e. The first-order valence-corrected chi connectivity index (χ1v) is 7.53. The minimum atomic E-state index is -0.381. The van der Waals surface area contributed by atoms with E-state index in [0.29, 0.717) is 11.7 Å². The Kier molecular flexibility index (Phi) is 4.03. The molecule has 0 aromatic heterocycles. The highest BCUT2D eigenvalue weighted by Gasteiger charge is 2.45. The van der Waals surface area contributed by atoms with Gasteiger partial charge in [-0.25, -0.2) is 8.78 Å². The fourth-order valence-corrected chi connectivity index (χ4v) is 3.57. The lowest BCUT2D eigenvalue weighted by molar-refractivity contribution is 0.0853. The lowest BCUT2D eigenvalue weighted by atomic mass is 9.80. The topological polar surface area (TPSA) is 21.3 Å². The molecule has 0 aliphatic carbocycles. The first-order valence-electron chi connectivity index (χ1n) is 7.53. The molecule has 4 heteroatoms. The zero-order valence-electron chi connectivity index (χ0n) is 11.7. The molecule has 20 heavy (non-hydrogen) atoms. The van der Waals surface area contributed by atoms with Crippen LogP contribution in [0.4, 0.5) is 8.78 Å². The summed E-state index contributed by atoms with van der Waals surface area (Å²) in [5.74, 6) is -0.465. The second-order valence-corrected chi connectivity index (χ2v) is 5.87. The van der Waals surface area contributed by atoms with Crippen LogP contribution in [-0.2, 0) is 4.74 Å². The molecule has 0 amide bonds. The number of ether oxygens (including phenoxy) is 1. The first kappa shape index (κ1) is 14.0. The highest BCUT2D eigenvalue weighted by atomic mass is 19.1. The summed E-state index contributed by atoms with van der Waals surface area (Å²) in [6, 6.07) is 3.57. The normalized spacial score (nSPS) is 29.9. The zero-order valence-corrected chi connectivity index (χ0v) is 11.7. The van der Waals surface area contributed by atoms with Gasteiger partial charge in [-0.2, -0.15) is 0 Å². The molecule has 2 aliphatic rings. The van der Waals surface area contributed by atoms with Crippen molar-refractivity contribution in [2.24, 2.45) is 5.92 Å². The first-order chi connectivity index (χ1) is 9.69. The summed E-state index contributed by atoms with van der Waals surface area (Å²) >= 11 is 0. The fourth-order valence-electron chi connectivity index (χ4n) is 3.57. The lowest BCUT2D eigenvalue weighted by Gasteiger charge is -2.30. The second-order valence-electron chi connectivity index (χ2n) is 5.87. The smallest absolute Gasteiger partial charge is 0.128 e. The average Bonchev–Trinajstić information content (AvgIpc) is 3.05. The van der Waals surface area contributed by atoms with Crippen LogP contribution in [-0.4, -0.2) is 18.8 Å². The van der Waals surface area contributed by atoms with Gasteiger partial charge in [0.2, 0.25) is 0 Å². The van der Waals surface area contributed by atoms with Crippen molar-refractivity contribution < 1.29 is 13.5 Å². The molecule has 110 valence electrons. The van der Waals surface area contributed by atoms with E-state index >= 15 is 0 Å². The van der Waals surface area contributed by atoms with Crippen molar-refractivity contribution in [2.75, 3.05) is 6.54 Å². The molecular formula is C16H21F2NO. The average molecular weight is 281 g/mol. The van der Waals surface area contributed by atoms with E-state index in [-0.39, 0.29) is 29.7 Å². The maximum atomic E-state index is 14.1. The Bertz CT molecular complexity index is 480. The van der Waals surface area contributed by atoms with E-state index in [9.17, 15) is 8.78 Å². The quantitative estimate of drug-likeness (QED) is 0.891. The molecule has 1 N–H and O–H groups in total. The molecule has 2 heterocycles. The monoisotopic (exact) mass is 281 g/mol. The summed E-state index contributed by atoms with van der Waals surface area (Å²) in [6.45, 7) is 2.87. The van der Waals surface area contributed by atoms with E-state index in [1.165, 1.54) is 18.2 Å². The fraction of sp³-hybridized carbons (Fsp3) is 0.625. The van der Waals surface area contributed by atoms with Gasteiger partial charge in [-0.05, 0) is 50.4 Å². The Hall–Kier alpha value is -1.00. The molecule has 2 aliphatic heterocycles. The number of nitrogens with one attached hydrogen (secondary N) is 1. The largest absolute Gasteiger partial charge is 0.375 e. The highest BCUT2D eigenvalue weighted by Crippen LogP contribution is 2.45. The lowest BCUT2D eigenvalue weighted by Crippen LogP contribution is -2.35. The summed E-state index contributed by atoms with van der Waals surface area (Å²) in [4.78, 5) is 0. The summed E-state index contributed by atoms with van der Waals surface area (Å²) in [5.41, 5.74) is 0.444. The van der Waals surface area contributed by atoms with Crippen LogP contribution in [0.1, 0.15) is 44.2 Å². The number of hydrogen-bond donors (Lipinski definition) is 1. The summed E-state index contributed by atoms with van der Waals surface area (Å²) in [7, 11) is 0. The third-order valence-corrected chi connectivity index (χ3v) is 4.49. The van der Waals surface area contributed by atoms with Gasteiger partial charge in [-0.3, -0.25) is 0 Å². The highest BCUT2D eigenvalue weighted by molar-refractivity contribution is 5.24. The summed E-state index contributed by atoms with van der Waals surface area (Å²) in [5, 5.41) is 3.39. The number of halogens is 2. The standard InChI is InChI=1S/C16H21F2NO/c1-2-7-19-16(12-8-10(17)3-5-14(12)18)13-9-11-4-6-15(13)20-11/h3,5,8,11,13,15-16,19H,2,4,6-7,9H2,1H3. The molecule has 1 aromatic rings. The van der Waals surface area contributed by atoms with Crippen LogP contribution >= 0.6 is 0 Å². The molecule has 2 saturated heterocycles. The molecule has 2 fully saturated rings. The van der Waals surface area contributed by atoms with Crippen molar-refractivity contribution in [1.82, 2.24) is 5.32 Å². The number of benzene rings is 1. The van der Waals surface area contributed by atoms with E-state index < -0.39 is 0 Å². The van der Waals surface area contributed by atoms with Gasteiger partial charge in [-0.1, -0.05) is 6.92 Å². The van der Waals surface area contributed by atoms with Gasteiger partial charge < -0.3 is 10.1 Å². The molecule has 0 spiro atoms. The Morgan fingerprint density at radius 3 is 2.85 bits per heavy atom. The Balaban J connectivity index is 1.87. The third-order valence-electron chi connectivity index (χ3n) is 4.49. The number of fused-ring (bicyclic) bond motifs is 2. The number of hydrogen-bond acceptors (Lipinski definition) is 2. The van der Waals surface area contributed by atoms with E-state index in [4.69, 9.17) is 4.74 Å². The third kappa shape index (κ3) is 2.59. The molecular weight excluding hydrogens is 260 g/mol. The van der Waals surface area contributed by atoms with Gasteiger partial charge in [0, 0.05) is 17.5 Å². The summed E-state index contributed by atoms with van der Waals surface area (Å²) < 4.78 is 33.5. The van der Waals surface area contributed by atoms with Crippen LogP contribution in [0, 0.1) is 17.6 Å². The van der Waals surface area contributed by atoms with Gasteiger partial charge in [0.05, 0.1) is 12.2 Å². The van der Waals surface area contributed by atoms with Crippen LogP contribution in [0.5, 0.6) is 0 Å². The van der Waals surface area contributed by atoms with Crippen LogP contribution in [0.25, 0.3) is 0 Å². The van der Waals surface area contributed by atoms with Gasteiger partial charge in [0.15, 0.2) is 0 Å². The van der Waals surface area contributed by atoms with E-state index in [1.54, 1.807) is 0 Å². The molecule has 2 bridgehead atoms. The van der Waals surface area contributed by atoms with Crippen molar-refractivity contribution in [1.29, 1.82) is 0 Å². The van der Waals surface area contributed by atoms with Crippen LogP contribution < -0.4 is 5.32 Å². The predicted molar refractivity (Wildman–Crippen MR) is 73.4 cm³/mol. The van der Waals surface area contributed by atoms with E-state index in [0.717, 1.165) is 32.2 Å². The molecule has 4 unspecified atom stereocenters. The molecule has 4 atom stereocenters. The van der Waals surface area contributed by atoms with Gasteiger partial charge in [0.25, 0.3) is 0 Å². The van der Waals surface area contributed by atoms with E-state index in [1.807, 2.05) is 0 Å². The molecule has 1 aromatic carbocycles. The maximum absolute atomic E-state index is 14.1.